The number of rotatable bonds is 6. The molecule has 0 saturated carbocycles. The second-order valence-electron chi connectivity index (χ2n) is 4.20. The van der Waals surface area contributed by atoms with Crippen LogP contribution >= 0.6 is 0 Å². The van der Waals surface area contributed by atoms with Crippen molar-refractivity contribution in [2.75, 3.05) is 18.0 Å². The maximum atomic E-state index is 11.8. The van der Waals surface area contributed by atoms with Gasteiger partial charge in [0.2, 0.25) is 0 Å². The number of unbranched alkanes of at least 4 members (excludes halogenated alkanes) is 3. The molecule has 0 saturated heterocycles. The normalized spacial score (nSPS) is 10.2. The molecule has 0 spiro atoms. The number of nitrogens with two attached hydrogens (primary N) is 2. The largest absolute Gasteiger partial charge is 0.399 e. The van der Waals surface area contributed by atoms with Gasteiger partial charge in [-0.15, -0.1) is 0 Å². The summed E-state index contributed by atoms with van der Waals surface area (Å²) in [5.74, 6) is -0.111. The fourth-order valence-electron chi connectivity index (χ4n) is 1.66. The van der Waals surface area contributed by atoms with Gasteiger partial charge in [0.15, 0.2) is 0 Å². The smallest absolute Gasteiger partial charge is 0.251 e. The zero-order chi connectivity index (χ0) is 12.7. The van der Waals surface area contributed by atoms with Gasteiger partial charge in [-0.25, -0.2) is 0 Å². The van der Waals surface area contributed by atoms with E-state index in [1.807, 2.05) is 0 Å². The Morgan fingerprint density at radius 3 is 2.35 bits per heavy atom. The van der Waals surface area contributed by atoms with Gasteiger partial charge in [0.05, 0.1) is 0 Å². The van der Waals surface area contributed by atoms with Crippen LogP contribution < -0.4 is 16.8 Å². The third-order valence-corrected chi connectivity index (χ3v) is 2.56. The van der Waals surface area contributed by atoms with Crippen molar-refractivity contribution in [3.05, 3.63) is 23.8 Å². The van der Waals surface area contributed by atoms with Crippen LogP contribution in [0.3, 0.4) is 0 Å². The van der Waals surface area contributed by atoms with Crippen LogP contribution in [0.1, 0.15) is 43.0 Å². The minimum Gasteiger partial charge on any atom is -0.399 e. The molecule has 0 atom stereocenters. The summed E-state index contributed by atoms with van der Waals surface area (Å²) in [6, 6.07) is 4.91. The fraction of sp³-hybridized carbons (Fsp3) is 0.462. The van der Waals surface area contributed by atoms with Crippen molar-refractivity contribution in [2.24, 2.45) is 0 Å². The van der Waals surface area contributed by atoms with Crippen molar-refractivity contribution in [3.63, 3.8) is 0 Å². The molecule has 17 heavy (non-hydrogen) atoms. The first-order chi connectivity index (χ1) is 8.13. The molecular formula is C13H21N3O. The first-order valence-electron chi connectivity index (χ1n) is 6.07. The predicted octanol–water partition coefficient (Wildman–Crippen LogP) is 2.16. The summed E-state index contributed by atoms with van der Waals surface area (Å²) in [7, 11) is 0. The lowest BCUT2D eigenvalue weighted by atomic mass is 10.1. The highest BCUT2D eigenvalue weighted by Gasteiger charge is 2.06. The van der Waals surface area contributed by atoms with Gasteiger partial charge in [-0.1, -0.05) is 26.2 Å². The molecule has 1 rings (SSSR count). The SMILES string of the molecule is CCCCCCNC(=O)c1cc(N)cc(N)c1. The summed E-state index contributed by atoms with van der Waals surface area (Å²) in [5.41, 5.74) is 12.8. The number of carbonyl (C=O) groups excluding carboxylic acids is 1. The van der Waals surface area contributed by atoms with E-state index in [0.29, 0.717) is 23.5 Å². The van der Waals surface area contributed by atoms with Gasteiger partial charge in [0.1, 0.15) is 0 Å². The van der Waals surface area contributed by atoms with Crippen molar-refractivity contribution in [2.45, 2.75) is 32.6 Å². The zero-order valence-corrected chi connectivity index (χ0v) is 10.3. The van der Waals surface area contributed by atoms with Gasteiger partial charge in [-0.2, -0.15) is 0 Å². The lowest BCUT2D eigenvalue weighted by molar-refractivity contribution is 0.0953. The highest BCUT2D eigenvalue weighted by atomic mass is 16.1. The molecule has 1 aromatic rings. The van der Waals surface area contributed by atoms with E-state index in [1.165, 1.54) is 12.8 Å². The molecule has 4 heteroatoms. The Bertz CT molecular complexity index is 357. The van der Waals surface area contributed by atoms with E-state index in [-0.39, 0.29) is 5.91 Å². The summed E-state index contributed by atoms with van der Waals surface area (Å²) >= 11 is 0. The molecule has 0 aliphatic rings. The molecule has 4 nitrogen and oxygen atoms in total. The summed E-state index contributed by atoms with van der Waals surface area (Å²) in [5, 5.41) is 2.86. The second kappa shape index (κ2) is 6.78. The number of nitrogens with one attached hydrogen (secondary N) is 1. The molecule has 0 aromatic heterocycles. The predicted molar refractivity (Wildman–Crippen MR) is 71.7 cm³/mol. The van der Waals surface area contributed by atoms with E-state index in [1.54, 1.807) is 18.2 Å². The van der Waals surface area contributed by atoms with E-state index in [0.717, 1.165) is 12.8 Å². The standard InChI is InChI=1S/C13H21N3O/c1-2-3-4-5-6-16-13(17)10-7-11(14)9-12(15)8-10/h7-9H,2-6,14-15H2,1H3,(H,16,17). The van der Waals surface area contributed by atoms with Gasteiger partial charge < -0.3 is 16.8 Å². The van der Waals surface area contributed by atoms with Crippen LogP contribution in [0.15, 0.2) is 18.2 Å². The number of hydrogen-bond acceptors (Lipinski definition) is 3. The average molecular weight is 235 g/mol. The molecule has 1 aromatic carbocycles. The van der Waals surface area contributed by atoms with Crippen molar-refractivity contribution >= 4 is 17.3 Å². The van der Waals surface area contributed by atoms with E-state index in [9.17, 15) is 4.79 Å². The minimum atomic E-state index is -0.111. The Hall–Kier alpha value is -1.71. The third kappa shape index (κ3) is 4.76. The van der Waals surface area contributed by atoms with Crippen molar-refractivity contribution in [3.8, 4) is 0 Å². The lowest BCUT2D eigenvalue weighted by Gasteiger charge is -2.06. The number of benzene rings is 1. The number of hydrogen-bond donors (Lipinski definition) is 3. The first kappa shape index (κ1) is 13.4. The number of amides is 1. The van der Waals surface area contributed by atoms with Crippen molar-refractivity contribution < 1.29 is 4.79 Å². The summed E-state index contributed by atoms with van der Waals surface area (Å²) in [6.45, 7) is 2.86. The molecule has 1 amide bonds. The number of anilines is 2. The molecule has 5 N–H and O–H groups in total. The Balaban J connectivity index is 2.41. The summed E-state index contributed by atoms with van der Waals surface area (Å²) in [4.78, 5) is 11.8. The van der Waals surface area contributed by atoms with E-state index < -0.39 is 0 Å². The maximum Gasteiger partial charge on any atom is 0.251 e. The quantitative estimate of drug-likeness (QED) is 0.522. The first-order valence-corrected chi connectivity index (χ1v) is 6.07. The highest BCUT2D eigenvalue weighted by Crippen LogP contribution is 2.13. The monoisotopic (exact) mass is 235 g/mol. The summed E-state index contributed by atoms with van der Waals surface area (Å²) < 4.78 is 0. The molecule has 0 heterocycles. The Morgan fingerprint density at radius 2 is 1.76 bits per heavy atom. The molecule has 0 aliphatic carbocycles. The Morgan fingerprint density at radius 1 is 1.12 bits per heavy atom. The molecular weight excluding hydrogens is 214 g/mol. The van der Waals surface area contributed by atoms with E-state index >= 15 is 0 Å². The van der Waals surface area contributed by atoms with Gasteiger partial charge in [-0.05, 0) is 24.6 Å². The molecule has 0 bridgehead atoms. The van der Waals surface area contributed by atoms with Gasteiger partial charge in [0, 0.05) is 23.5 Å². The van der Waals surface area contributed by atoms with Crippen LogP contribution in [0.5, 0.6) is 0 Å². The zero-order valence-electron chi connectivity index (χ0n) is 10.3. The van der Waals surface area contributed by atoms with Crippen LogP contribution in [0.4, 0.5) is 11.4 Å². The van der Waals surface area contributed by atoms with Crippen LogP contribution in [0, 0.1) is 0 Å². The molecule has 0 aliphatic heterocycles. The highest BCUT2D eigenvalue weighted by molar-refractivity contribution is 5.96. The van der Waals surface area contributed by atoms with Crippen molar-refractivity contribution in [1.82, 2.24) is 5.32 Å². The summed E-state index contributed by atoms with van der Waals surface area (Å²) in [6.07, 6.45) is 4.56. The number of carbonyl (C=O) groups is 1. The topological polar surface area (TPSA) is 81.1 Å². The van der Waals surface area contributed by atoms with Gasteiger partial charge in [0.25, 0.3) is 5.91 Å². The van der Waals surface area contributed by atoms with Crippen LogP contribution in [-0.4, -0.2) is 12.5 Å². The van der Waals surface area contributed by atoms with Gasteiger partial charge in [-0.3, -0.25) is 4.79 Å². The molecule has 0 fully saturated rings. The Kier molecular flexibility index (Phi) is 5.33. The second-order valence-corrected chi connectivity index (χ2v) is 4.20. The van der Waals surface area contributed by atoms with E-state index in [2.05, 4.69) is 12.2 Å². The maximum absolute atomic E-state index is 11.8. The van der Waals surface area contributed by atoms with Crippen LogP contribution in [-0.2, 0) is 0 Å². The minimum absolute atomic E-state index is 0.111. The van der Waals surface area contributed by atoms with Gasteiger partial charge >= 0.3 is 0 Å². The molecule has 94 valence electrons. The molecule has 0 unspecified atom stereocenters. The van der Waals surface area contributed by atoms with Crippen LogP contribution in [0.2, 0.25) is 0 Å². The fourth-order valence-corrected chi connectivity index (χ4v) is 1.66. The van der Waals surface area contributed by atoms with Crippen molar-refractivity contribution in [1.29, 1.82) is 0 Å². The Labute approximate surface area is 102 Å². The van der Waals surface area contributed by atoms with E-state index in [4.69, 9.17) is 11.5 Å². The average Bonchev–Trinajstić information content (AvgIpc) is 2.27. The lowest BCUT2D eigenvalue weighted by Crippen LogP contribution is -2.24. The third-order valence-electron chi connectivity index (χ3n) is 2.56. The van der Waals surface area contributed by atoms with Crippen LogP contribution in [0.25, 0.3) is 0 Å². The number of nitrogen functional groups attached to an aromatic ring is 2. The molecule has 0 radical (unpaired) electrons.